The van der Waals surface area contributed by atoms with Gasteiger partial charge in [-0.3, -0.25) is 0 Å². The summed E-state index contributed by atoms with van der Waals surface area (Å²) in [4.78, 5) is 2.32. The van der Waals surface area contributed by atoms with Gasteiger partial charge in [-0.05, 0) is 32.6 Å². The average molecular weight is 212 g/mol. The van der Waals surface area contributed by atoms with Crippen LogP contribution in [0.25, 0.3) is 0 Å². The van der Waals surface area contributed by atoms with Crippen LogP contribution in [0.2, 0.25) is 0 Å². The summed E-state index contributed by atoms with van der Waals surface area (Å²) in [6.07, 6.45) is 0. The van der Waals surface area contributed by atoms with Crippen LogP contribution in [0.15, 0.2) is 12.4 Å². The summed E-state index contributed by atoms with van der Waals surface area (Å²) in [7, 11) is 0. The molecule has 1 unspecified atom stereocenters. The standard InChI is InChI=1S/C13H28N2/c1-8-15(9-12(6)10(2)3)13(7)14-11(4)5/h10-12,14H,7-9H2,1-6H3. The molecule has 90 valence electrons. The second-order valence-corrected chi connectivity index (χ2v) is 5.01. The molecule has 0 aromatic rings. The highest BCUT2D eigenvalue weighted by Gasteiger charge is 2.13. The van der Waals surface area contributed by atoms with Gasteiger partial charge in [-0.15, -0.1) is 0 Å². The number of nitrogens with one attached hydrogen (secondary N) is 1. The first-order valence-electron chi connectivity index (χ1n) is 6.08. The fourth-order valence-corrected chi connectivity index (χ4v) is 1.41. The smallest absolute Gasteiger partial charge is 0.0940 e. The SMILES string of the molecule is C=C(NC(C)C)N(CC)CC(C)C(C)C. The molecule has 0 saturated carbocycles. The number of hydrogen-bond acceptors (Lipinski definition) is 2. The number of rotatable bonds is 7. The van der Waals surface area contributed by atoms with E-state index in [9.17, 15) is 0 Å². The highest BCUT2D eigenvalue weighted by atomic mass is 15.2. The molecule has 0 amide bonds. The molecule has 0 aromatic heterocycles. The minimum atomic E-state index is 0.459. The molecular weight excluding hydrogens is 184 g/mol. The Labute approximate surface area is 95.7 Å². The third-order valence-electron chi connectivity index (χ3n) is 2.87. The molecule has 0 spiro atoms. The van der Waals surface area contributed by atoms with Crippen LogP contribution >= 0.6 is 0 Å². The molecule has 0 radical (unpaired) electrons. The largest absolute Gasteiger partial charge is 0.370 e. The topological polar surface area (TPSA) is 15.3 Å². The molecule has 2 heteroatoms. The van der Waals surface area contributed by atoms with E-state index in [4.69, 9.17) is 0 Å². The summed E-state index contributed by atoms with van der Waals surface area (Å²) in [6, 6.07) is 0.459. The predicted molar refractivity (Wildman–Crippen MR) is 68.7 cm³/mol. The molecule has 1 N–H and O–H groups in total. The summed E-state index contributed by atoms with van der Waals surface area (Å²) in [5.74, 6) is 2.49. The van der Waals surface area contributed by atoms with Gasteiger partial charge in [0.1, 0.15) is 0 Å². The van der Waals surface area contributed by atoms with E-state index >= 15 is 0 Å². The zero-order chi connectivity index (χ0) is 12.0. The molecule has 1 atom stereocenters. The van der Waals surface area contributed by atoms with E-state index in [0.29, 0.717) is 12.0 Å². The van der Waals surface area contributed by atoms with Gasteiger partial charge >= 0.3 is 0 Å². The van der Waals surface area contributed by atoms with Crippen molar-refractivity contribution in [2.75, 3.05) is 13.1 Å². The zero-order valence-corrected chi connectivity index (χ0v) is 11.3. The van der Waals surface area contributed by atoms with Crippen molar-refractivity contribution in [2.24, 2.45) is 11.8 Å². The second kappa shape index (κ2) is 6.76. The second-order valence-electron chi connectivity index (χ2n) is 5.01. The Hall–Kier alpha value is -0.660. The summed E-state index contributed by atoms with van der Waals surface area (Å²) in [6.45, 7) is 19.5. The third-order valence-corrected chi connectivity index (χ3v) is 2.87. The maximum absolute atomic E-state index is 4.09. The van der Waals surface area contributed by atoms with Gasteiger partial charge < -0.3 is 10.2 Å². The minimum absolute atomic E-state index is 0.459. The molecule has 0 fully saturated rings. The monoisotopic (exact) mass is 212 g/mol. The summed E-state index contributed by atoms with van der Waals surface area (Å²) in [5, 5.41) is 3.37. The molecule has 2 nitrogen and oxygen atoms in total. The van der Waals surface area contributed by atoms with E-state index in [1.54, 1.807) is 0 Å². The average Bonchev–Trinajstić information content (AvgIpc) is 2.11. The van der Waals surface area contributed by atoms with Gasteiger partial charge in [-0.1, -0.05) is 27.4 Å². The molecule has 0 rings (SSSR count). The lowest BCUT2D eigenvalue weighted by Gasteiger charge is -2.31. The Morgan fingerprint density at radius 3 is 2.07 bits per heavy atom. The van der Waals surface area contributed by atoms with Gasteiger partial charge in [0.05, 0.1) is 5.82 Å². The third kappa shape index (κ3) is 5.71. The van der Waals surface area contributed by atoms with Crippen molar-refractivity contribution < 1.29 is 0 Å². The fourth-order valence-electron chi connectivity index (χ4n) is 1.41. The van der Waals surface area contributed by atoms with Crippen LogP contribution in [0, 0.1) is 11.8 Å². The molecule has 0 saturated heterocycles. The van der Waals surface area contributed by atoms with Crippen molar-refractivity contribution in [1.29, 1.82) is 0 Å². The maximum Gasteiger partial charge on any atom is 0.0940 e. The Morgan fingerprint density at radius 2 is 1.73 bits per heavy atom. The van der Waals surface area contributed by atoms with Crippen molar-refractivity contribution in [3.05, 3.63) is 12.4 Å². The van der Waals surface area contributed by atoms with E-state index in [2.05, 4.69) is 58.3 Å². The normalized spacial score (nSPS) is 13.1. The number of nitrogens with zero attached hydrogens (tertiary/aromatic N) is 1. The van der Waals surface area contributed by atoms with Crippen LogP contribution in [0.1, 0.15) is 41.5 Å². The predicted octanol–water partition coefficient (Wildman–Crippen LogP) is 3.07. The van der Waals surface area contributed by atoms with Crippen LogP contribution in [0.4, 0.5) is 0 Å². The van der Waals surface area contributed by atoms with Crippen molar-refractivity contribution in [3.63, 3.8) is 0 Å². The summed E-state index contributed by atoms with van der Waals surface area (Å²) in [5.41, 5.74) is 0. The van der Waals surface area contributed by atoms with Crippen molar-refractivity contribution in [3.8, 4) is 0 Å². The summed E-state index contributed by atoms with van der Waals surface area (Å²) >= 11 is 0. The highest BCUT2D eigenvalue weighted by molar-refractivity contribution is 4.92. The molecule has 15 heavy (non-hydrogen) atoms. The van der Waals surface area contributed by atoms with E-state index in [0.717, 1.165) is 24.8 Å². The van der Waals surface area contributed by atoms with E-state index in [1.165, 1.54) is 0 Å². The molecule has 0 aromatic carbocycles. The molecule has 0 bridgehead atoms. The highest BCUT2D eigenvalue weighted by Crippen LogP contribution is 2.13. The van der Waals surface area contributed by atoms with Crippen molar-refractivity contribution in [1.82, 2.24) is 10.2 Å². The van der Waals surface area contributed by atoms with Crippen LogP contribution in [0.5, 0.6) is 0 Å². The van der Waals surface area contributed by atoms with Gasteiger partial charge in [0, 0.05) is 19.1 Å². The lowest BCUT2D eigenvalue weighted by Crippen LogP contribution is -2.37. The maximum atomic E-state index is 4.09. The quantitative estimate of drug-likeness (QED) is 0.697. The molecule has 0 aliphatic rings. The molecule has 0 aliphatic carbocycles. The fraction of sp³-hybridized carbons (Fsp3) is 0.846. The first-order chi connectivity index (χ1) is 6.88. The Kier molecular flexibility index (Phi) is 6.46. The van der Waals surface area contributed by atoms with Gasteiger partial charge in [0.2, 0.25) is 0 Å². The number of hydrogen-bond donors (Lipinski definition) is 1. The van der Waals surface area contributed by atoms with Gasteiger partial charge in [0.15, 0.2) is 0 Å². The Bertz CT molecular complexity index is 185. The van der Waals surface area contributed by atoms with E-state index in [-0.39, 0.29) is 0 Å². The van der Waals surface area contributed by atoms with Gasteiger partial charge in [0.25, 0.3) is 0 Å². The van der Waals surface area contributed by atoms with Gasteiger partial charge in [-0.2, -0.15) is 0 Å². The van der Waals surface area contributed by atoms with Crippen LogP contribution in [0.3, 0.4) is 0 Å². The Morgan fingerprint density at radius 1 is 1.20 bits per heavy atom. The first kappa shape index (κ1) is 14.3. The first-order valence-corrected chi connectivity index (χ1v) is 6.08. The van der Waals surface area contributed by atoms with Crippen LogP contribution < -0.4 is 5.32 Å². The van der Waals surface area contributed by atoms with Crippen molar-refractivity contribution >= 4 is 0 Å². The Balaban J connectivity index is 4.18. The molecule has 0 heterocycles. The van der Waals surface area contributed by atoms with Crippen LogP contribution in [-0.2, 0) is 0 Å². The zero-order valence-electron chi connectivity index (χ0n) is 11.3. The van der Waals surface area contributed by atoms with Gasteiger partial charge in [-0.25, -0.2) is 0 Å². The molecule has 0 aliphatic heterocycles. The summed E-state index contributed by atoms with van der Waals surface area (Å²) < 4.78 is 0. The van der Waals surface area contributed by atoms with Crippen LogP contribution in [-0.4, -0.2) is 24.0 Å². The van der Waals surface area contributed by atoms with E-state index in [1.807, 2.05) is 0 Å². The minimum Gasteiger partial charge on any atom is -0.370 e. The molecular formula is C13H28N2. The van der Waals surface area contributed by atoms with Crippen molar-refractivity contribution in [2.45, 2.75) is 47.6 Å². The lowest BCUT2D eigenvalue weighted by molar-refractivity contribution is 0.250. The lowest BCUT2D eigenvalue weighted by atomic mass is 9.97. The van der Waals surface area contributed by atoms with E-state index < -0.39 is 0 Å².